The zero-order chi connectivity index (χ0) is 19.6. The van der Waals surface area contributed by atoms with E-state index in [-0.39, 0.29) is 36.1 Å². The number of ether oxygens (including phenoxy) is 1. The molecule has 0 radical (unpaired) electrons. The number of carbonyl (C=O) groups is 4. The summed E-state index contributed by atoms with van der Waals surface area (Å²) in [6.45, 7) is 5.12. The van der Waals surface area contributed by atoms with Crippen molar-refractivity contribution in [3.63, 3.8) is 0 Å². The quantitative estimate of drug-likeness (QED) is 0.597. The highest BCUT2D eigenvalue weighted by Crippen LogP contribution is 2.23. The van der Waals surface area contributed by atoms with Gasteiger partial charge in [-0.3, -0.25) is 19.3 Å². The number of hydrogen-bond acceptors (Lipinski definition) is 5. The van der Waals surface area contributed by atoms with Crippen LogP contribution in [0.4, 0.5) is 5.69 Å². The second-order valence-corrected chi connectivity index (χ2v) is 7.23. The molecule has 1 aromatic carbocycles. The number of piperidine rings is 1. The van der Waals surface area contributed by atoms with E-state index in [9.17, 15) is 19.2 Å². The first-order valence-corrected chi connectivity index (χ1v) is 9.32. The highest BCUT2D eigenvalue weighted by Gasteiger charge is 2.31. The van der Waals surface area contributed by atoms with Gasteiger partial charge >= 0.3 is 5.97 Å². The van der Waals surface area contributed by atoms with Gasteiger partial charge in [0.05, 0.1) is 11.3 Å². The third kappa shape index (κ3) is 4.18. The summed E-state index contributed by atoms with van der Waals surface area (Å²) in [7, 11) is 0. The summed E-state index contributed by atoms with van der Waals surface area (Å²) in [5.74, 6) is -0.664. The van der Waals surface area contributed by atoms with Crippen molar-refractivity contribution < 1.29 is 23.9 Å². The Balaban J connectivity index is 1.60. The van der Waals surface area contributed by atoms with Gasteiger partial charge in [-0.05, 0) is 49.9 Å². The predicted octanol–water partition coefficient (Wildman–Crippen LogP) is 2.14. The molecule has 2 fully saturated rings. The highest BCUT2D eigenvalue weighted by atomic mass is 16.5. The average molecular weight is 372 g/mol. The van der Waals surface area contributed by atoms with Crippen LogP contribution in [0.1, 0.15) is 49.9 Å². The van der Waals surface area contributed by atoms with Crippen LogP contribution in [0.25, 0.3) is 0 Å². The molecule has 0 bridgehead atoms. The van der Waals surface area contributed by atoms with Crippen LogP contribution in [-0.4, -0.2) is 47.8 Å². The number of likely N-dealkylation sites (tertiary alicyclic amines) is 1. The fourth-order valence-corrected chi connectivity index (χ4v) is 3.38. The molecule has 0 saturated carbocycles. The van der Waals surface area contributed by atoms with Crippen molar-refractivity contribution in [3.8, 4) is 0 Å². The summed E-state index contributed by atoms with van der Waals surface area (Å²) in [5.41, 5.74) is 0.704. The van der Waals surface area contributed by atoms with Crippen LogP contribution in [0, 0.1) is 5.92 Å². The zero-order valence-corrected chi connectivity index (χ0v) is 15.6. The Hall–Kier alpha value is -2.70. The standard InChI is InChI=1S/C20H24N2O5/c1-13-9-11-21(12-10-13)19(25)14(2)27-20(26)15-3-5-16(6-4-15)22-17(23)7-8-18(22)24/h3-6,13-14H,7-12H2,1-2H3. The lowest BCUT2D eigenvalue weighted by Crippen LogP contribution is -2.44. The fraction of sp³-hybridized carbons (Fsp3) is 0.500. The maximum absolute atomic E-state index is 12.4. The molecule has 2 aliphatic heterocycles. The summed E-state index contributed by atoms with van der Waals surface area (Å²) in [6, 6.07) is 6.07. The Labute approximate surface area is 158 Å². The number of anilines is 1. The molecular weight excluding hydrogens is 348 g/mol. The zero-order valence-electron chi connectivity index (χ0n) is 15.6. The molecule has 1 aromatic rings. The second-order valence-electron chi connectivity index (χ2n) is 7.23. The van der Waals surface area contributed by atoms with Crippen LogP contribution in [0.3, 0.4) is 0 Å². The third-order valence-corrected chi connectivity index (χ3v) is 5.14. The summed E-state index contributed by atoms with van der Waals surface area (Å²) >= 11 is 0. The smallest absolute Gasteiger partial charge is 0.338 e. The fourth-order valence-electron chi connectivity index (χ4n) is 3.38. The van der Waals surface area contributed by atoms with Crippen LogP contribution in [-0.2, 0) is 19.1 Å². The largest absolute Gasteiger partial charge is 0.449 e. The lowest BCUT2D eigenvalue weighted by Gasteiger charge is -2.31. The predicted molar refractivity (Wildman–Crippen MR) is 98.0 cm³/mol. The number of rotatable bonds is 4. The van der Waals surface area contributed by atoms with E-state index in [1.807, 2.05) is 0 Å². The summed E-state index contributed by atoms with van der Waals surface area (Å²) in [6.07, 6.45) is 1.48. The minimum absolute atomic E-state index is 0.180. The van der Waals surface area contributed by atoms with E-state index in [4.69, 9.17) is 4.74 Å². The molecule has 0 aromatic heterocycles. The molecule has 2 aliphatic rings. The van der Waals surface area contributed by atoms with Crippen LogP contribution in [0.2, 0.25) is 0 Å². The van der Waals surface area contributed by atoms with E-state index < -0.39 is 12.1 Å². The lowest BCUT2D eigenvalue weighted by atomic mass is 9.99. The van der Waals surface area contributed by atoms with Gasteiger partial charge < -0.3 is 9.64 Å². The second kappa shape index (κ2) is 7.90. The van der Waals surface area contributed by atoms with Gasteiger partial charge in [-0.2, -0.15) is 0 Å². The van der Waals surface area contributed by atoms with Gasteiger partial charge in [-0.15, -0.1) is 0 Å². The molecule has 1 unspecified atom stereocenters. The van der Waals surface area contributed by atoms with Crippen molar-refractivity contribution in [3.05, 3.63) is 29.8 Å². The van der Waals surface area contributed by atoms with Crippen molar-refractivity contribution in [2.45, 2.75) is 45.6 Å². The van der Waals surface area contributed by atoms with Gasteiger partial charge in [0.15, 0.2) is 6.10 Å². The van der Waals surface area contributed by atoms with Crippen molar-refractivity contribution in [1.29, 1.82) is 0 Å². The Bertz CT molecular complexity index is 734. The van der Waals surface area contributed by atoms with Crippen LogP contribution in [0.15, 0.2) is 24.3 Å². The molecule has 27 heavy (non-hydrogen) atoms. The molecule has 3 amide bonds. The van der Waals surface area contributed by atoms with Crippen molar-refractivity contribution in [2.75, 3.05) is 18.0 Å². The lowest BCUT2D eigenvalue weighted by molar-refractivity contribution is -0.141. The third-order valence-electron chi connectivity index (χ3n) is 5.14. The van der Waals surface area contributed by atoms with E-state index in [0.717, 1.165) is 17.7 Å². The molecule has 0 spiro atoms. The number of nitrogens with zero attached hydrogens (tertiary/aromatic N) is 2. The van der Waals surface area contributed by atoms with Crippen LogP contribution in [0.5, 0.6) is 0 Å². The van der Waals surface area contributed by atoms with E-state index in [1.165, 1.54) is 24.3 Å². The molecule has 0 N–H and O–H groups in total. The van der Waals surface area contributed by atoms with E-state index in [2.05, 4.69) is 6.92 Å². The Morgan fingerprint density at radius 1 is 1.04 bits per heavy atom. The van der Waals surface area contributed by atoms with Crippen LogP contribution >= 0.6 is 0 Å². The average Bonchev–Trinajstić information content (AvgIpc) is 3.00. The minimum Gasteiger partial charge on any atom is -0.449 e. The number of imide groups is 1. The van der Waals surface area contributed by atoms with Gasteiger partial charge in [0.25, 0.3) is 5.91 Å². The summed E-state index contributed by atoms with van der Waals surface area (Å²) < 4.78 is 5.31. The van der Waals surface area contributed by atoms with E-state index in [1.54, 1.807) is 11.8 Å². The number of esters is 1. The molecule has 1 atom stereocenters. The Morgan fingerprint density at radius 3 is 2.15 bits per heavy atom. The molecule has 7 nitrogen and oxygen atoms in total. The number of benzene rings is 1. The molecular formula is C20H24N2O5. The van der Waals surface area contributed by atoms with Gasteiger partial charge in [0, 0.05) is 25.9 Å². The number of hydrogen-bond donors (Lipinski definition) is 0. The number of carbonyl (C=O) groups excluding carboxylic acids is 4. The Kier molecular flexibility index (Phi) is 5.58. The van der Waals surface area contributed by atoms with Crippen molar-refractivity contribution in [2.24, 2.45) is 5.92 Å². The van der Waals surface area contributed by atoms with Crippen LogP contribution < -0.4 is 4.90 Å². The monoisotopic (exact) mass is 372 g/mol. The van der Waals surface area contributed by atoms with Gasteiger partial charge in [0.2, 0.25) is 11.8 Å². The number of amides is 3. The van der Waals surface area contributed by atoms with Gasteiger partial charge in [0.1, 0.15) is 0 Å². The Morgan fingerprint density at radius 2 is 1.59 bits per heavy atom. The molecule has 2 heterocycles. The minimum atomic E-state index is -0.854. The topological polar surface area (TPSA) is 84.0 Å². The normalized spacial score (nSPS) is 19.3. The SMILES string of the molecule is CC1CCN(C(=O)C(C)OC(=O)c2ccc(N3C(=O)CCC3=O)cc2)CC1. The maximum Gasteiger partial charge on any atom is 0.338 e. The molecule has 3 rings (SSSR count). The molecule has 144 valence electrons. The first-order chi connectivity index (χ1) is 12.9. The van der Waals surface area contributed by atoms with Gasteiger partial charge in [-0.1, -0.05) is 6.92 Å². The first-order valence-electron chi connectivity index (χ1n) is 9.32. The highest BCUT2D eigenvalue weighted by molar-refractivity contribution is 6.19. The summed E-state index contributed by atoms with van der Waals surface area (Å²) in [4.78, 5) is 51.2. The van der Waals surface area contributed by atoms with Crippen molar-refractivity contribution >= 4 is 29.4 Å². The van der Waals surface area contributed by atoms with E-state index >= 15 is 0 Å². The van der Waals surface area contributed by atoms with Crippen molar-refractivity contribution in [1.82, 2.24) is 4.90 Å². The summed E-state index contributed by atoms with van der Waals surface area (Å²) in [5, 5.41) is 0. The molecule has 2 saturated heterocycles. The molecule has 7 heteroatoms. The molecule has 0 aliphatic carbocycles. The maximum atomic E-state index is 12.4. The van der Waals surface area contributed by atoms with E-state index in [0.29, 0.717) is 24.7 Å². The van der Waals surface area contributed by atoms with Gasteiger partial charge in [-0.25, -0.2) is 4.79 Å². The first kappa shape index (κ1) is 19.1.